The van der Waals surface area contributed by atoms with Gasteiger partial charge in [-0.15, -0.1) is 0 Å². The summed E-state index contributed by atoms with van der Waals surface area (Å²) in [5.74, 6) is -0.423. The van der Waals surface area contributed by atoms with Gasteiger partial charge in [0.2, 0.25) is 5.88 Å². The molecule has 120 valence electrons. The molecule has 1 atom stereocenters. The van der Waals surface area contributed by atoms with E-state index in [0.717, 1.165) is 5.56 Å². The van der Waals surface area contributed by atoms with Crippen molar-refractivity contribution >= 4 is 18.6 Å². The number of hydrogen-bond acceptors (Lipinski definition) is 7. The van der Waals surface area contributed by atoms with Crippen molar-refractivity contribution in [3.05, 3.63) is 41.3 Å². The van der Waals surface area contributed by atoms with Crippen molar-refractivity contribution in [1.29, 1.82) is 5.26 Å². The largest absolute Gasteiger partial charge is 0.492 e. The molecule has 1 aliphatic heterocycles. The monoisotopic (exact) mass is 325 g/mol. The summed E-state index contributed by atoms with van der Waals surface area (Å²) in [7, 11) is -1.22. The number of hydrogen-bond donors (Lipinski definition) is 2. The van der Waals surface area contributed by atoms with Gasteiger partial charge in [0, 0.05) is 6.07 Å². The average Bonchev–Trinajstić information content (AvgIpc) is 2.83. The maximum atomic E-state index is 10.9. The molecule has 0 fully saturated rings. The average molecular weight is 325 g/mol. The van der Waals surface area contributed by atoms with Gasteiger partial charge in [-0.1, -0.05) is 0 Å². The van der Waals surface area contributed by atoms with Crippen molar-refractivity contribution < 1.29 is 24.3 Å². The molecule has 0 radical (unpaired) electrons. The normalized spacial score (nSPS) is 15.7. The Kier molecular flexibility index (Phi) is 4.16. The van der Waals surface area contributed by atoms with E-state index in [4.69, 9.17) is 19.8 Å². The van der Waals surface area contributed by atoms with Crippen LogP contribution < -0.4 is 10.2 Å². The molecule has 9 heteroatoms. The van der Waals surface area contributed by atoms with Gasteiger partial charge in [-0.2, -0.15) is 5.26 Å². The quantitative estimate of drug-likeness (QED) is 0.786. The Balaban J connectivity index is 1.93. The van der Waals surface area contributed by atoms with E-state index < -0.39 is 19.2 Å². The number of aromatic nitrogens is 2. The molecule has 0 spiro atoms. The fourth-order valence-electron chi connectivity index (χ4n) is 2.68. The SMILES string of the molecule is Cc1cc(Oc2cc(C#N)ncn2)cc2c1C(CC(=O)O)OB2O. The highest BCUT2D eigenvalue weighted by Gasteiger charge is 2.37. The van der Waals surface area contributed by atoms with Gasteiger partial charge in [-0.3, -0.25) is 4.79 Å². The Bertz CT molecular complexity index is 851. The van der Waals surface area contributed by atoms with E-state index in [1.807, 2.05) is 6.07 Å². The standard InChI is InChI=1S/C15H12BN3O5/c1-8-2-10(23-13-3-9(6-17)18-7-19-13)4-11-15(8)12(5-14(20)21)24-16(11)22/h2-4,7,12,22H,5H2,1H3,(H,20,21). The topological polar surface area (TPSA) is 126 Å². The first-order chi connectivity index (χ1) is 11.5. The highest BCUT2D eigenvalue weighted by Crippen LogP contribution is 2.32. The predicted molar refractivity (Wildman–Crippen MR) is 81.7 cm³/mol. The number of aryl methyl sites for hydroxylation is 1. The first-order valence-electron chi connectivity index (χ1n) is 7.07. The van der Waals surface area contributed by atoms with Crippen LogP contribution in [0.15, 0.2) is 24.5 Å². The third-order valence-electron chi connectivity index (χ3n) is 3.61. The Morgan fingerprint density at radius 3 is 2.96 bits per heavy atom. The Morgan fingerprint density at radius 2 is 2.25 bits per heavy atom. The molecule has 2 heterocycles. The van der Waals surface area contributed by atoms with E-state index in [0.29, 0.717) is 16.8 Å². The number of nitriles is 1. The molecule has 24 heavy (non-hydrogen) atoms. The number of carboxylic acids is 1. The van der Waals surface area contributed by atoms with Gasteiger partial charge in [-0.05, 0) is 35.6 Å². The molecule has 2 N–H and O–H groups in total. The van der Waals surface area contributed by atoms with Crippen molar-refractivity contribution in [3.63, 3.8) is 0 Å². The van der Waals surface area contributed by atoms with Gasteiger partial charge in [0.1, 0.15) is 23.8 Å². The van der Waals surface area contributed by atoms with Crippen LogP contribution in [-0.2, 0) is 9.45 Å². The lowest BCUT2D eigenvalue weighted by atomic mass is 9.77. The zero-order valence-corrected chi connectivity index (χ0v) is 12.6. The summed E-state index contributed by atoms with van der Waals surface area (Å²) in [5, 5.41) is 27.8. The van der Waals surface area contributed by atoms with Crippen LogP contribution in [0, 0.1) is 18.3 Å². The number of carbonyl (C=O) groups is 1. The first kappa shape index (κ1) is 15.9. The molecule has 3 rings (SSSR count). The first-order valence-corrected chi connectivity index (χ1v) is 7.07. The minimum absolute atomic E-state index is 0.169. The van der Waals surface area contributed by atoms with Crippen LogP contribution in [0.3, 0.4) is 0 Å². The van der Waals surface area contributed by atoms with Crippen LogP contribution in [0.25, 0.3) is 0 Å². The summed E-state index contributed by atoms with van der Waals surface area (Å²) in [4.78, 5) is 18.6. The molecule has 0 saturated heterocycles. The maximum Gasteiger partial charge on any atom is 0.492 e. The highest BCUT2D eigenvalue weighted by molar-refractivity contribution is 6.62. The van der Waals surface area contributed by atoms with Crippen molar-refractivity contribution in [1.82, 2.24) is 9.97 Å². The van der Waals surface area contributed by atoms with Crippen molar-refractivity contribution in [2.24, 2.45) is 0 Å². The van der Waals surface area contributed by atoms with Gasteiger partial charge >= 0.3 is 13.1 Å². The summed E-state index contributed by atoms with van der Waals surface area (Å²) in [6.07, 6.45) is 0.281. The molecular weight excluding hydrogens is 313 g/mol. The lowest BCUT2D eigenvalue weighted by Gasteiger charge is -2.13. The number of rotatable bonds is 4. The minimum atomic E-state index is -1.22. The van der Waals surface area contributed by atoms with E-state index in [1.165, 1.54) is 12.4 Å². The lowest BCUT2D eigenvalue weighted by Crippen LogP contribution is -2.28. The van der Waals surface area contributed by atoms with E-state index in [1.54, 1.807) is 19.1 Å². The molecule has 0 saturated carbocycles. The second-order valence-electron chi connectivity index (χ2n) is 5.27. The molecule has 8 nitrogen and oxygen atoms in total. The van der Waals surface area contributed by atoms with Crippen molar-refractivity contribution in [2.75, 3.05) is 0 Å². The molecular formula is C15H12BN3O5. The van der Waals surface area contributed by atoms with Gasteiger partial charge in [0.05, 0.1) is 12.5 Å². The van der Waals surface area contributed by atoms with E-state index >= 15 is 0 Å². The molecule has 1 aliphatic rings. The summed E-state index contributed by atoms with van der Waals surface area (Å²) in [6.45, 7) is 1.78. The molecule has 0 aliphatic carbocycles. The Hall–Kier alpha value is -2.96. The Morgan fingerprint density at radius 1 is 1.46 bits per heavy atom. The predicted octanol–water partition coefficient (Wildman–Crippen LogP) is 0.682. The zero-order valence-electron chi connectivity index (χ0n) is 12.6. The van der Waals surface area contributed by atoms with Crippen molar-refractivity contribution in [2.45, 2.75) is 19.4 Å². The molecule has 0 bridgehead atoms. The number of ether oxygens (including phenoxy) is 1. The fraction of sp³-hybridized carbons (Fsp3) is 0.200. The van der Waals surface area contributed by atoms with Crippen LogP contribution in [0.5, 0.6) is 11.6 Å². The number of nitrogens with zero attached hydrogens (tertiary/aromatic N) is 3. The minimum Gasteiger partial charge on any atom is -0.481 e. The third-order valence-corrected chi connectivity index (χ3v) is 3.61. The molecule has 1 unspecified atom stereocenters. The van der Waals surface area contributed by atoms with Crippen LogP contribution >= 0.6 is 0 Å². The number of benzene rings is 1. The lowest BCUT2D eigenvalue weighted by molar-refractivity contribution is -0.138. The van der Waals surface area contributed by atoms with Gasteiger partial charge in [-0.25, -0.2) is 9.97 Å². The molecule has 1 aromatic heterocycles. The summed E-state index contributed by atoms with van der Waals surface area (Å²) in [5.41, 5.74) is 2.02. The van der Waals surface area contributed by atoms with Gasteiger partial charge in [0.15, 0.2) is 0 Å². The Labute approximate surface area is 137 Å². The van der Waals surface area contributed by atoms with Crippen molar-refractivity contribution in [3.8, 4) is 17.7 Å². The van der Waals surface area contributed by atoms with Gasteiger partial charge in [0.25, 0.3) is 0 Å². The van der Waals surface area contributed by atoms with Crippen LogP contribution in [0.4, 0.5) is 0 Å². The fourth-order valence-corrected chi connectivity index (χ4v) is 2.68. The smallest absolute Gasteiger partial charge is 0.481 e. The van der Waals surface area contributed by atoms with E-state index in [9.17, 15) is 9.82 Å². The molecule has 2 aromatic rings. The summed E-state index contributed by atoms with van der Waals surface area (Å²) >= 11 is 0. The maximum absolute atomic E-state index is 10.9. The summed E-state index contributed by atoms with van der Waals surface area (Å²) in [6, 6.07) is 6.55. The highest BCUT2D eigenvalue weighted by atomic mass is 16.5. The number of carboxylic acid groups (broad SMARTS) is 1. The number of aliphatic carboxylic acids is 1. The van der Waals surface area contributed by atoms with E-state index in [-0.39, 0.29) is 18.0 Å². The van der Waals surface area contributed by atoms with Crippen LogP contribution in [0.2, 0.25) is 0 Å². The second kappa shape index (κ2) is 6.27. The zero-order chi connectivity index (χ0) is 17.3. The van der Waals surface area contributed by atoms with Gasteiger partial charge < -0.3 is 19.5 Å². The summed E-state index contributed by atoms with van der Waals surface area (Å²) < 4.78 is 10.9. The molecule has 0 amide bonds. The third kappa shape index (κ3) is 3.06. The van der Waals surface area contributed by atoms with E-state index in [2.05, 4.69) is 9.97 Å². The van der Waals surface area contributed by atoms with Crippen LogP contribution in [-0.4, -0.2) is 33.2 Å². The van der Waals surface area contributed by atoms with Crippen LogP contribution in [0.1, 0.15) is 29.3 Å². The molecule has 1 aromatic carbocycles. The number of fused-ring (bicyclic) bond motifs is 1. The second-order valence-corrected chi connectivity index (χ2v) is 5.27.